The van der Waals surface area contributed by atoms with Crippen molar-refractivity contribution in [3.63, 3.8) is 0 Å². The predicted octanol–water partition coefficient (Wildman–Crippen LogP) is -1.44. The van der Waals surface area contributed by atoms with Crippen LogP contribution in [0.25, 0.3) is 0 Å². The smallest absolute Gasteiger partial charge is 0.508 e. The van der Waals surface area contributed by atoms with Crippen LogP contribution in [0.15, 0.2) is 24.3 Å². The van der Waals surface area contributed by atoms with Gasteiger partial charge in [0.15, 0.2) is 0 Å². The highest BCUT2D eigenvalue weighted by Crippen LogP contribution is 2.11. The summed E-state index contributed by atoms with van der Waals surface area (Å²) in [6.07, 6.45) is 0.409. The van der Waals surface area contributed by atoms with E-state index in [0.29, 0.717) is 6.42 Å². The summed E-state index contributed by atoms with van der Waals surface area (Å²) in [5.74, 6) is -0.689. The number of likely N-dealkylation sites (N-methyl/N-ethyl adjacent to an activating group) is 1. The maximum absolute atomic E-state index is 10.7. The molecule has 0 saturated carbocycles. The lowest BCUT2D eigenvalue weighted by Crippen LogP contribution is -2.35. The summed E-state index contributed by atoms with van der Waals surface area (Å²) in [6, 6.07) is 5.93. The van der Waals surface area contributed by atoms with E-state index in [2.05, 4.69) is 5.32 Å². The van der Waals surface area contributed by atoms with Gasteiger partial charge in [-0.2, -0.15) is 0 Å². The molecule has 1 atom stereocenters. The van der Waals surface area contributed by atoms with Crippen LogP contribution >= 0.6 is 0 Å². The van der Waals surface area contributed by atoms with Crippen LogP contribution in [-0.2, 0) is 11.2 Å². The molecule has 7 nitrogen and oxygen atoms in total. The Balaban J connectivity index is 0.000000631. The van der Waals surface area contributed by atoms with Crippen LogP contribution in [-0.4, -0.2) is 51.7 Å². The topological polar surface area (TPSA) is 130 Å². The van der Waals surface area contributed by atoms with E-state index in [1.807, 2.05) is 0 Å². The SMILES string of the molecule is CNC(Cc1ccc(O)cc1)C(=O)O.OB(O)O. The van der Waals surface area contributed by atoms with E-state index in [-0.39, 0.29) is 5.75 Å². The number of carboxylic acid groups (broad SMARTS) is 1. The molecule has 100 valence electrons. The molecule has 0 aromatic heterocycles. The number of rotatable bonds is 4. The summed E-state index contributed by atoms with van der Waals surface area (Å²) in [5, 5.41) is 42.0. The van der Waals surface area contributed by atoms with Crippen molar-refractivity contribution >= 4 is 13.3 Å². The Kier molecular flexibility index (Phi) is 7.72. The largest absolute Gasteiger partial charge is 0.631 e. The highest BCUT2D eigenvalue weighted by atomic mass is 16.5. The Morgan fingerprint density at radius 1 is 1.28 bits per heavy atom. The molecule has 0 spiro atoms. The molecule has 0 aliphatic carbocycles. The van der Waals surface area contributed by atoms with Gasteiger partial charge < -0.3 is 30.6 Å². The van der Waals surface area contributed by atoms with Gasteiger partial charge in [0.25, 0.3) is 0 Å². The van der Waals surface area contributed by atoms with Gasteiger partial charge in [-0.3, -0.25) is 4.79 Å². The van der Waals surface area contributed by atoms with Crippen LogP contribution in [0.4, 0.5) is 0 Å². The lowest BCUT2D eigenvalue weighted by atomic mass is 10.1. The summed E-state index contributed by atoms with van der Waals surface area (Å²) in [4.78, 5) is 10.7. The molecule has 0 bridgehead atoms. The van der Waals surface area contributed by atoms with Crippen LogP contribution in [0.3, 0.4) is 0 Å². The van der Waals surface area contributed by atoms with Crippen LogP contribution in [0.2, 0.25) is 0 Å². The number of carboxylic acids is 1. The number of hydrogen-bond donors (Lipinski definition) is 6. The number of nitrogens with one attached hydrogen (secondary N) is 1. The highest BCUT2D eigenvalue weighted by Gasteiger charge is 2.14. The number of carbonyl (C=O) groups is 1. The van der Waals surface area contributed by atoms with Gasteiger partial charge in [-0.15, -0.1) is 0 Å². The minimum atomic E-state index is -2.17. The van der Waals surface area contributed by atoms with Crippen molar-refractivity contribution < 1.29 is 30.1 Å². The van der Waals surface area contributed by atoms with Crippen molar-refractivity contribution in [2.24, 2.45) is 0 Å². The van der Waals surface area contributed by atoms with Crippen molar-refractivity contribution in [2.75, 3.05) is 7.05 Å². The zero-order valence-corrected chi connectivity index (χ0v) is 9.82. The van der Waals surface area contributed by atoms with Gasteiger partial charge in [0.1, 0.15) is 11.8 Å². The average Bonchev–Trinajstić information content (AvgIpc) is 2.27. The number of aromatic hydroxyl groups is 1. The number of phenols is 1. The van der Waals surface area contributed by atoms with Crippen molar-refractivity contribution in [3.8, 4) is 5.75 Å². The van der Waals surface area contributed by atoms with Gasteiger partial charge in [0.2, 0.25) is 0 Å². The quantitative estimate of drug-likeness (QED) is 0.364. The van der Waals surface area contributed by atoms with Gasteiger partial charge in [0, 0.05) is 0 Å². The maximum atomic E-state index is 10.7. The van der Waals surface area contributed by atoms with Gasteiger partial charge in [-0.05, 0) is 31.2 Å². The molecule has 1 unspecified atom stereocenters. The van der Waals surface area contributed by atoms with E-state index in [1.165, 1.54) is 0 Å². The normalized spacial score (nSPS) is 11.1. The lowest BCUT2D eigenvalue weighted by molar-refractivity contribution is -0.139. The second-order valence-corrected chi connectivity index (χ2v) is 3.40. The zero-order valence-electron chi connectivity index (χ0n) is 9.82. The standard InChI is InChI=1S/C10H13NO3.BH3O3/c1-11-9(10(13)14)6-7-2-4-8(12)5-3-7;2-1(3)4/h2-5,9,11-12H,6H2,1H3,(H,13,14);2-4H. The lowest BCUT2D eigenvalue weighted by Gasteiger charge is -2.10. The molecule has 1 aromatic carbocycles. The molecule has 18 heavy (non-hydrogen) atoms. The molecule has 1 rings (SSSR count). The van der Waals surface area contributed by atoms with E-state index in [9.17, 15) is 4.79 Å². The number of benzene rings is 1. The van der Waals surface area contributed by atoms with Crippen LogP contribution in [0.5, 0.6) is 5.75 Å². The van der Waals surface area contributed by atoms with Crippen LogP contribution in [0.1, 0.15) is 5.56 Å². The number of phenolic OH excluding ortho intramolecular Hbond substituents is 1. The Hall–Kier alpha value is -1.61. The predicted molar refractivity (Wildman–Crippen MR) is 64.7 cm³/mol. The molecule has 6 N–H and O–H groups in total. The van der Waals surface area contributed by atoms with Crippen LogP contribution < -0.4 is 5.32 Å². The van der Waals surface area contributed by atoms with Gasteiger partial charge >= 0.3 is 13.3 Å². The molecule has 8 heteroatoms. The number of aliphatic carboxylic acids is 1. The third-order valence-corrected chi connectivity index (χ3v) is 2.02. The molecular formula is C10H16BNO6. The Morgan fingerprint density at radius 2 is 1.72 bits per heavy atom. The van der Waals surface area contributed by atoms with E-state index < -0.39 is 19.3 Å². The molecule has 0 saturated heterocycles. The molecule has 0 aliphatic heterocycles. The summed E-state index contributed by atoms with van der Waals surface area (Å²) < 4.78 is 0. The third-order valence-electron chi connectivity index (χ3n) is 2.02. The molecule has 0 aliphatic rings. The fourth-order valence-corrected chi connectivity index (χ4v) is 1.18. The summed E-state index contributed by atoms with van der Waals surface area (Å²) in [6.45, 7) is 0. The van der Waals surface area contributed by atoms with Crippen molar-refractivity contribution in [2.45, 2.75) is 12.5 Å². The Morgan fingerprint density at radius 3 is 2.06 bits per heavy atom. The van der Waals surface area contributed by atoms with E-state index >= 15 is 0 Å². The van der Waals surface area contributed by atoms with Crippen LogP contribution in [0, 0.1) is 0 Å². The Bertz CT molecular complexity index is 353. The molecule has 1 aromatic rings. The minimum absolute atomic E-state index is 0.185. The van der Waals surface area contributed by atoms with Gasteiger partial charge in [-0.1, -0.05) is 12.1 Å². The Labute approximate surface area is 105 Å². The molecule has 0 radical (unpaired) electrons. The zero-order chi connectivity index (χ0) is 14.1. The summed E-state index contributed by atoms with van der Waals surface area (Å²) in [5.41, 5.74) is 0.879. The number of hydrogen-bond acceptors (Lipinski definition) is 6. The second kappa shape index (κ2) is 8.48. The van der Waals surface area contributed by atoms with Gasteiger partial charge in [-0.25, -0.2) is 0 Å². The molecular weight excluding hydrogens is 241 g/mol. The van der Waals surface area contributed by atoms with Gasteiger partial charge in [0.05, 0.1) is 0 Å². The van der Waals surface area contributed by atoms with Crippen molar-refractivity contribution in [1.82, 2.24) is 5.32 Å². The average molecular weight is 257 g/mol. The maximum Gasteiger partial charge on any atom is 0.631 e. The van der Waals surface area contributed by atoms with E-state index in [4.69, 9.17) is 25.3 Å². The minimum Gasteiger partial charge on any atom is -0.508 e. The second-order valence-electron chi connectivity index (χ2n) is 3.40. The van der Waals surface area contributed by atoms with Crippen molar-refractivity contribution in [1.29, 1.82) is 0 Å². The fourth-order valence-electron chi connectivity index (χ4n) is 1.18. The van der Waals surface area contributed by atoms with E-state index in [1.54, 1.807) is 31.3 Å². The monoisotopic (exact) mass is 257 g/mol. The highest BCUT2D eigenvalue weighted by molar-refractivity contribution is 6.30. The first kappa shape index (κ1) is 16.4. The summed E-state index contributed by atoms with van der Waals surface area (Å²) in [7, 11) is -0.556. The fraction of sp³-hybridized carbons (Fsp3) is 0.300. The third kappa shape index (κ3) is 7.63. The van der Waals surface area contributed by atoms with Crippen molar-refractivity contribution in [3.05, 3.63) is 29.8 Å². The molecule has 0 amide bonds. The molecule has 0 heterocycles. The van der Waals surface area contributed by atoms with E-state index in [0.717, 1.165) is 5.56 Å². The first-order chi connectivity index (χ1) is 8.36. The molecule has 0 fully saturated rings. The summed E-state index contributed by atoms with van der Waals surface area (Å²) >= 11 is 0. The first-order valence-electron chi connectivity index (χ1n) is 5.09. The first-order valence-corrected chi connectivity index (χ1v) is 5.09.